The van der Waals surface area contributed by atoms with Crippen LogP contribution in [0.3, 0.4) is 0 Å². The summed E-state index contributed by atoms with van der Waals surface area (Å²) in [4.78, 5) is 26.0. The quantitative estimate of drug-likeness (QED) is 0.837. The molecule has 6 heteroatoms. The van der Waals surface area contributed by atoms with Gasteiger partial charge in [-0.15, -0.1) is 0 Å². The number of aryl methyl sites for hydroxylation is 1. The van der Waals surface area contributed by atoms with Crippen LogP contribution in [0.1, 0.15) is 30.9 Å². The van der Waals surface area contributed by atoms with E-state index in [1.165, 1.54) is 34.9 Å². The van der Waals surface area contributed by atoms with Gasteiger partial charge in [-0.3, -0.25) is 9.59 Å². The maximum atomic E-state index is 13.0. The van der Waals surface area contributed by atoms with Crippen molar-refractivity contribution in [1.82, 2.24) is 9.47 Å². The first-order valence-electron chi connectivity index (χ1n) is 8.43. The average molecular weight is 344 g/mol. The lowest BCUT2D eigenvalue weighted by molar-refractivity contribution is -0.133. The van der Waals surface area contributed by atoms with Crippen LogP contribution >= 0.6 is 0 Å². The minimum atomic E-state index is -0.857. The summed E-state index contributed by atoms with van der Waals surface area (Å²) < 4.78 is 14.5. The molecule has 1 heterocycles. The number of hydrogen-bond acceptors (Lipinski definition) is 3. The largest absolute Gasteiger partial charge is 0.387 e. The second-order valence-corrected chi connectivity index (χ2v) is 6.33. The molecule has 0 radical (unpaired) electrons. The fraction of sp³-hybridized carbons (Fsp3) is 0.368. The van der Waals surface area contributed by atoms with Crippen molar-refractivity contribution < 1.29 is 14.3 Å². The molecule has 1 aromatic heterocycles. The van der Waals surface area contributed by atoms with Gasteiger partial charge in [-0.25, -0.2) is 4.39 Å². The normalized spacial score (nSPS) is 15.0. The van der Waals surface area contributed by atoms with E-state index < -0.39 is 6.10 Å². The van der Waals surface area contributed by atoms with E-state index in [4.69, 9.17) is 0 Å². The molecular weight excluding hydrogens is 323 g/mol. The Morgan fingerprint density at radius 2 is 1.96 bits per heavy atom. The molecule has 1 unspecified atom stereocenters. The Bertz CT molecular complexity index is 784. The summed E-state index contributed by atoms with van der Waals surface area (Å²) in [5.74, 6) is -0.446. The van der Waals surface area contributed by atoms with Crippen LogP contribution in [0.2, 0.25) is 0 Å². The average Bonchev–Trinajstić information content (AvgIpc) is 3.44. The zero-order valence-electron chi connectivity index (χ0n) is 13.8. The van der Waals surface area contributed by atoms with E-state index in [0.717, 1.165) is 12.8 Å². The van der Waals surface area contributed by atoms with E-state index >= 15 is 0 Å². The van der Waals surface area contributed by atoms with E-state index in [2.05, 4.69) is 0 Å². The predicted molar refractivity (Wildman–Crippen MR) is 91.4 cm³/mol. The Morgan fingerprint density at radius 3 is 2.60 bits per heavy atom. The molecule has 1 saturated carbocycles. The van der Waals surface area contributed by atoms with Gasteiger partial charge in [-0.1, -0.05) is 18.2 Å². The second kappa shape index (κ2) is 7.61. The van der Waals surface area contributed by atoms with Gasteiger partial charge in [0.25, 0.3) is 5.56 Å². The molecule has 25 heavy (non-hydrogen) atoms. The Morgan fingerprint density at radius 1 is 1.24 bits per heavy atom. The topological polar surface area (TPSA) is 62.5 Å². The molecule has 0 spiro atoms. The van der Waals surface area contributed by atoms with E-state index in [1.807, 2.05) is 0 Å². The van der Waals surface area contributed by atoms with Gasteiger partial charge in [0.2, 0.25) is 5.91 Å². The zero-order valence-corrected chi connectivity index (χ0v) is 13.8. The number of carbonyl (C=O) groups excluding carboxylic acids is 1. The maximum Gasteiger partial charge on any atom is 0.250 e. The number of rotatable bonds is 7. The van der Waals surface area contributed by atoms with Crippen molar-refractivity contribution >= 4 is 5.91 Å². The van der Waals surface area contributed by atoms with Crippen LogP contribution in [0, 0.1) is 5.82 Å². The Hall–Kier alpha value is -2.47. The van der Waals surface area contributed by atoms with Gasteiger partial charge >= 0.3 is 0 Å². The highest BCUT2D eigenvalue weighted by molar-refractivity contribution is 5.76. The number of hydrogen-bond donors (Lipinski definition) is 1. The summed E-state index contributed by atoms with van der Waals surface area (Å²) in [6.07, 6.45) is 2.85. The number of nitrogens with zero attached hydrogens (tertiary/aromatic N) is 2. The molecule has 0 bridgehead atoms. The second-order valence-electron chi connectivity index (χ2n) is 6.33. The third-order valence-electron chi connectivity index (χ3n) is 4.40. The van der Waals surface area contributed by atoms with Crippen molar-refractivity contribution in [3.63, 3.8) is 0 Å². The van der Waals surface area contributed by atoms with Crippen LogP contribution < -0.4 is 5.56 Å². The van der Waals surface area contributed by atoms with Crippen LogP contribution in [-0.4, -0.2) is 33.1 Å². The predicted octanol–water partition coefficient (Wildman–Crippen LogP) is 2.10. The summed E-state index contributed by atoms with van der Waals surface area (Å²) in [6, 6.07) is 10.7. The summed E-state index contributed by atoms with van der Waals surface area (Å²) in [5.41, 5.74) is 0.443. The number of aliphatic hydroxyl groups is 1. The molecule has 0 saturated heterocycles. The van der Waals surface area contributed by atoms with Crippen molar-refractivity contribution in [3.8, 4) is 0 Å². The van der Waals surface area contributed by atoms with Gasteiger partial charge in [-0.2, -0.15) is 0 Å². The highest BCUT2D eigenvalue weighted by atomic mass is 19.1. The lowest BCUT2D eigenvalue weighted by Crippen LogP contribution is -2.37. The van der Waals surface area contributed by atoms with Crippen molar-refractivity contribution in [2.24, 2.45) is 0 Å². The fourth-order valence-electron chi connectivity index (χ4n) is 2.82. The molecule has 1 N–H and O–H groups in total. The van der Waals surface area contributed by atoms with E-state index in [9.17, 15) is 19.1 Å². The van der Waals surface area contributed by atoms with E-state index in [-0.39, 0.29) is 36.3 Å². The first-order valence-corrected chi connectivity index (χ1v) is 8.43. The first kappa shape index (κ1) is 17.4. The van der Waals surface area contributed by atoms with Crippen LogP contribution in [0.5, 0.6) is 0 Å². The Labute approximate surface area is 145 Å². The number of amides is 1. The number of carbonyl (C=O) groups is 1. The van der Waals surface area contributed by atoms with Gasteiger partial charge in [-0.05, 0) is 36.6 Å². The Kier molecular flexibility index (Phi) is 5.28. The zero-order chi connectivity index (χ0) is 17.8. The molecule has 132 valence electrons. The molecular formula is C19H21FN2O3. The molecule has 3 rings (SSSR count). The SMILES string of the molecule is O=C(CCn1ccccc1=O)N(CC(O)c1ccc(F)cc1)C1CC1. The highest BCUT2D eigenvalue weighted by Gasteiger charge is 2.33. The summed E-state index contributed by atoms with van der Waals surface area (Å²) >= 11 is 0. The first-order chi connectivity index (χ1) is 12.0. The molecule has 1 aromatic carbocycles. The molecule has 2 aromatic rings. The summed E-state index contributed by atoms with van der Waals surface area (Å²) in [6.45, 7) is 0.493. The number of aliphatic hydroxyl groups excluding tert-OH is 1. The van der Waals surface area contributed by atoms with Crippen molar-refractivity contribution in [2.75, 3.05) is 6.54 Å². The fourth-order valence-corrected chi connectivity index (χ4v) is 2.82. The van der Waals surface area contributed by atoms with Gasteiger partial charge < -0.3 is 14.6 Å². The number of aromatic nitrogens is 1. The highest BCUT2D eigenvalue weighted by Crippen LogP contribution is 2.29. The van der Waals surface area contributed by atoms with E-state index in [0.29, 0.717) is 12.1 Å². The third kappa shape index (κ3) is 4.54. The van der Waals surface area contributed by atoms with Crippen molar-refractivity contribution in [1.29, 1.82) is 0 Å². The van der Waals surface area contributed by atoms with Crippen molar-refractivity contribution in [2.45, 2.75) is 38.0 Å². The standard InChI is InChI=1S/C19H21FN2O3/c20-15-6-4-14(5-7-15)17(23)13-22(16-8-9-16)19(25)10-12-21-11-2-1-3-18(21)24/h1-7,11,16-17,23H,8-10,12-13H2. The van der Waals surface area contributed by atoms with Crippen LogP contribution in [0.25, 0.3) is 0 Å². The summed E-state index contributed by atoms with van der Waals surface area (Å²) in [5, 5.41) is 10.4. The van der Waals surface area contributed by atoms with Gasteiger partial charge in [0.15, 0.2) is 0 Å². The molecule has 1 amide bonds. The van der Waals surface area contributed by atoms with Crippen LogP contribution in [-0.2, 0) is 11.3 Å². The van der Waals surface area contributed by atoms with E-state index in [1.54, 1.807) is 23.2 Å². The monoisotopic (exact) mass is 344 g/mol. The molecule has 1 aliphatic rings. The minimum absolute atomic E-state index is 0.0839. The number of benzene rings is 1. The van der Waals surface area contributed by atoms with Crippen molar-refractivity contribution in [3.05, 3.63) is 70.4 Å². The van der Waals surface area contributed by atoms with Gasteiger partial charge in [0, 0.05) is 31.3 Å². The molecule has 1 atom stereocenters. The Balaban J connectivity index is 1.62. The minimum Gasteiger partial charge on any atom is -0.387 e. The smallest absolute Gasteiger partial charge is 0.250 e. The third-order valence-corrected chi connectivity index (χ3v) is 4.40. The van der Waals surface area contributed by atoms with Crippen LogP contribution in [0.15, 0.2) is 53.5 Å². The molecule has 1 aliphatic carbocycles. The molecule has 5 nitrogen and oxygen atoms in total. The molecule has 1 fully saturated rings. The van der Waals surface area contributed by atoms with Gasteiger partial charge in [0.1, 0.15) is 5.82 Å². The molecule has 0 aliphatic heterocycles. The number of halogens is 1. The van der Waals surface area contributed by atoms with Gasteiger partial charge in [0.05, 0.1) is 12.6 Å². The van der Waals surface area contributed by atoms with Crippen LogP contribution in [0.4, 0.5) is 4.39 Å². The summed E-state index contributed by atoms with van der Waals surface area (Å²) in [7, 11) is 0. The lowest BCUT2D eigenvalue weighted by atomic mass is 10.1. The maximum absolute atomic E-state index is 13.0. The lowest BCUT2D eigenvalue weighted by Gasteiger charge is -2.25. The number of pyridine rings is 1.